The standard InChI is InChI=1S/C23H25N5O3.C22H23N5O3S.C22H23N5O3.C20H23N5O3/c1-13-10-27-5-3-15(7-19(27)26-13)18-9-23(11-31-18)8-17(20(29)21(23)30)28-6-4-16-14(2)24-12-25-22(16)28;1-11-13-4-5-27(20(13)25-10-24-11)15-7-22(19(29)18(15)28)8-16(30-9-22)12-2-3-17-14(6-12)26-21(23)31-17;1-13-15-3-6-27(21(15)25-12-24-13)16-9-22(20(29)19(16)28)10-17(30-11-22)14-2-5-26-7-4-23-18(26)8-14;1-11-13-4-5-25(19(13)24-10-23-11)14-6-20(18(27)17(14)26)7-15(28-9-20)12-2-3-16(21)22-8-12/h3-7,10,12,17-18,20-21,29-30H,8-9,11H2,1-2H3;2-6,10,15-16,18-19,28-29H,7-9H2,1H3,(H2,23,26);2-8,12,16-17,19-20,28-29H,9-11H2,1H3;2-5,8,10,14-15,17-18,26-27H,6-7,9H2,1H3,(H2,21,22). The number of aliphatic hydroxyl groups excluding tert-OH is 8. The van der Waals surface area contributed by atoms with E-state index in [1.165, 1.54) is 24.0 Å². The molecule has 32 nitrogen and oxygen atoms in total. The summed E-state index contributed by atoms with van der Waals surface area (Å²) in [5, 5.41) is 92.4. The molecule has 33 heteroatoms. The Balaban J connectivity index is 0.000000102. The lowest BCUT2D eigenvalue weighted by Gasteiger charge is -2.26. The number of hydrogen-bond acceptors (Lipinski definition) is 27. The zero-order valence-electron chi connectivity index (χ0n) is 66.6. The number of hydrogen-bond donors (Lipinski definition) is 10. The summed E-state index contributed by atoms with van der Waals surface area (Å²) in [6.07, 6.45) is 22.7. The molecule has 23 rings (SSSR count). The number of nitrogen functional groups attached to an aromatic ring is 2. The van der Waals surface area contributed by atoms with E-state index in [-0.39, 0.29) is 48.6 Å². The number of nitrogens with two attached hydrogens (primary N) is 2. The molecule has 120 heavy (non-hydrogen) atoms. The molecular formula is C87H94N20O12S. The van der Waals surface area contributed by atoms with Gasteiger partial charge in [0.05, 0.1) is 138 Å². The largest absolute Gasteiger partial charge is 0.390 e. The van der Waals surface area contributed by atoms with Gasteiger partial charge in [-0.05, 0) is 175 Å². The van der Waals surface area contributed by atoms with E-state index < -0.39 is 70.5 Å². The third-order valence-electron chi connectivity index (χ3n) is 27.5. The van der Waals surface area contributed by atoms with E-state index in [1.54, 1.807) is 31.1 Å². The number of thiazole rings is 1. The average molecular weight is 1640 g/mol. The highest BCUT2D eigenvalue weighted by atomic mass is 32.1. The lowest BCUT2D eigenvalue weighted by molar-refractivity contribution is -0.0309. The Labute approximate surface area is 690 Å². The number of nitrogens with zero attached hydrogens (tertiary/aromatic N) is 18. The van der Waals surface area contributed by atoms with Gasteiger partial charge in [-0.15, -0.1) is 0 Å². The molecule has 20 unspecified atom stereocenters. The summed E-state index contributed by atoms with van der Waals surface area (Å²) in [6, 6.07) is 24.7. The molecule has 0 amide bonds. The quantitative estimate of drug-likeness (QED) is 0.0678. The molecule has 0 radical (unpaired) electrons. The van der Waals surface area contributed by atoms with Crippen LogP contribution in [-0.2, 0) is 18.9 Å². The number of benzene rings is 1. The predicted molar refractivity (Wildman–Crippen MR) is 443 cm³/mol. The molecule has 0 bridgehead atoms. The maximum atomic E-state index is 11.1. The zero-order valence-corrected chi connectivity index (χ0v) is 67.5. The number of ether oxygens (including phenoxy) is 4. The number of aromatic nitrogens is 18. The first-order valence-corrected chi connectivity index (χ1v) is 41.5. The van der Waals surface area contributed by atoms with Crippen LogP contribution in [0.4, 0.5) is 10.9 Å². The number of pyridine rings is 3. The van der Waals surface area contributed by atoms with Gasteiger partial charge in [0.1, 0.15) is 89.4 Å². The van der Waals surface area contributed by atoms with Crippen molar-refractivity contribution in [1.82, 2.24) is 86.9 Å². The van der Waals surface area contributed by atoms with Crippen molar-refractivity contribution >= 4 is 87.9 Å². The van der Waals surface area contributed by atoms with E-state index >= 15 is 0 Å². The summed E-state index contributed by atoms with van der Waals surface area (Å²) in [5.74, 6) is 0.463. The Morgan fingerprint density at radius 2 is 0.750 bits per heavy atom. The van der Waals surface area contributed by atoms with Crippen LogP contribution in [-0.4, -0.2) is 203 Å². The highest BCUT2D eigenvalue weighted by Gasteiger charge is 2.61. The first kappa shape index (κ1) is 77.8. The van der Waals surface area contributed by atoms with Crippen LogP contribution in [0, 0.1) is 56.3 Å². The monoisotopic (exact) mass is 1640 g/mol. The molecule has 4 saturated carbocycles. The Bertz CT molecular complexity index is 6190. The third kappa shape index (κ3) is 13.1. The fourth-order valence-corrected chi connectivity index (χ4v) is 21.6. The molecule has 4 aliphatic carbocycles. The van der Waals surface area contributed by atoms with Gasteiger partial charge >= 0.3 is 0 Å². The van der Waals surface area contributed by atoms with Crippen molar-refractivity contribution < 1.29 is 59.8 Å². The normalized spacial score (nSPS) is 31.4. The van der Waals surface area contributed by atoms with E-state index in [4.69, 9.17) is 30.4 Å². The Morgan fingerprint density at radius 3 is 1.15 bits per heavy atom. The molecule has 4 saturated heterocycles. The van der Waals surface area contributed by atoms with Crippen LogP contribution >= 0.6 is 11.3 Å². The van der Waals surface area contributed by atoms with Crippen molar-refractivity contribution in [3.05, 3.63) is 217 Å². The molecular weight excluding hydrogens is 1550 g/mol. The van der Waals surface area contributed by atoms with Crippen LogP contribution in [0.3, 0.4) is 0 Å². The summed E-state index contributed by atoms with van der Waals surface area (Å²) >= 11 is 1.46. The number of imidazole rings is 2. The first-order valence-electron chi connectivity index (χ1n) is 40.7. The summed E-state index contributed by atoms with van der Waals surface area (Å²) in [5.41, 5.74) is 23.9. The molecule has 14 aromatic heterocycles. The second-order valence-electron chi connectivity index (χ2n) is 34.5. The number of aryl methyl sites for hydroxylation is 5. The number of fused-ring (bicyclic) bond motifs is 7. The van der Waals surface area contributed by atoms with Crippen molar-refractivity contribution in [2.24, 2.45) is 21.7 Å². The number of rotatable bonds is 8. The number of aliphatic hydroxyl groups is 8. The first-order chi connectivity index (χ1) is 57.9. The minimum absolute atomic E-state index is 0.127. The molecule has 15 aromatic rings. The summed E-state index contributed by atoms with van der Waals surface area (Å²) in [4.78, 5) is 52.1. The van der Waals surface area contributed by atoms with Crippen LogP contribution < -0.4 is 11.5 Å². The van der Waals surface area contributed by atoms with E-state index in [2.05, 4.69) is 59.8 Å². The third-order valence-corrected chi connectivity index (χ3v) is 28.4. The Morgan fingerprint density at radius 1 is 0.375 bits per heavy atom. The lowest BCUT2D eigenvalue weighted by Crippen LogP contribution is -2.37. The van der Waals surface area contributed by atoms with Gasteiger partial charge in [0, 0.05) is 105 Å². The van der Waals surface area contributed by atoms with Crippen LogP contribution in [0.5, 0.6) is 0 Å². The fraction of sp³-hybridized carbons (Fsp3) is 0.425. The van der Waals surface area contributed by atoms with Crippen molar-refractivity contribution in [3.8, 4) is 0 Å². The fourth-order valence-electron chi connectivity index (χ4n) is 20.9. The average Bonchev–Trinajstić information content (AvgIpc) is 1.59. The van der Waals surface area contributed by atoms with Crippen LogP contribution in [0.15, 0.2) is 166 Å². The molecule has 12 N–H and O–H groups in total. The van der Waals surface area contributed by atoms with Crippen LogP contribution in [0.1, 0.15) is 151 Å². The van der Waals surface area contributed by atoms with E-state index in [0.29, 0.717) is 88.7 Å². The van der Waals surface area contributed by atoms with Gasteiger partial charge in [0.25, 0.3) is 0 Å². The van der Waals surface area contributed by atoms with E-state index in [9.17, 15) is 40.9 Å². The molecule has 1 aromatic carbocycles. The van der Waals surface area contributed by atoms with Gasteiger partial charge in [0.2, 0.25) is 0 Å². The van der Waals surface area contributed by atoms with E-state index in [0.717, 1.165) is 116 Å². The van der Waals surface area contributed by atoms with Gasteiger partial charge in [-0.2, -0.15) is 0 Å². The maximum absolute atomic E-state index is 11.1. The lowest BCUT2D eigenvalue weighted by atomic mass is 9.80. The molecule has 8 aliphatic rings. The van der Waals surface area contributed by atoms with Crippen molar-refractivity contribution in [1.29, 1.82) is 0 Å². The molecule has 620 valence electrons. The molecule has 4 spiro atoms. The SMILES string of the molecule is Cc1cn2ccc(C3CC4(CO3)CC(n3ccc5c(C)ncnc53)C(O)C4O)cc2n1.Cc1ncnc2c1ccn2C1CC2(COC(c3ccc(N)nc3)C2)C(O)C1O.Cc1ncnc2c1ccn2C1CC2(COC(c3ccc4sc(N)nc4c3)C2)C(O)C1O.Cc1ncnc2c1ccn2C1CC2(COC(c3ccn4ccnc4c3)C2)C(O)C1O. The minimum Gasteiger partial charge on any atom is -0.390 e. The Hall–Kier alpha value is -10.8. The second kappa shape index (κ2) is 29.8. The van der Waals surface area contributed by atoms with Crippen LogP contribution in [0.25, 0.3) is 65.6 Å². The molecule has 18 heterocycles. The van der Waals surface area contributed by atoms with Gasteiger partial charge in [0.15, 0.2) is 5.13 Å². The molecule has 8 fully saturated rings. The minimum atomic E-state index is -0.894. The Kier molecular flexibility index (Phi) is 19.4. The molecule has 20 atom stereocenters. The summed E-state index contributed by atoms with van der Waals surface area (Å²) < 4.78 is 37.4. The predicted octanol–water partition coefficient (Wildman–Crippen LogP) is 8.99. The van der Waals surface area contributed by atoms with Gasteiger partial charge in [-0.1, -0.05) is 23.5 Å². The van der Waals surface area contributed by atoms with Crippen LogP contribution in [0.2, 0.25) is 0 Å². The topological polar surface area (TPSA) is 434 Å². The zero-order chi connectivity index (χ0) is 82.6. The maximum Gasteiger partial charge on any atom is 0.181 e. The summed E-state index contributed by atoms with van der Waals surface area (Å²) in [6.45, 7) is 11.4. The van der Waals surface area contributed by atoms with Crippen molar-refractivity contribution in [3.63, 3.8) is 0 Å². The molecule has 4 aliphatic heterocycles. The second-order valence-corrected chi connectivity index (χ2v) is 35.6. The highest BCUT2D eigenvalue weighted by molar-refractivity contribution is 7.22. The van der Waals surface area contributed by atoms with Crippen molar-refractivity contribution in [2.45, 2.75) is 183 Å². The number of anilines is 2. The van der Waals surface area contributed by atoms with E-state index in [1.807, 2.05) is 184 Å². The van der Waals surface area contributed by atoms with Gasteiger partial charge < -0.3 is 98.3 Å². The van der Waals surface area contributed by atoms with Gasteiger partial charge in [-0.25, -0.2) is 59.8 Å². The summed E-state index contributed by atoms with van der Waals surface area (Å²) in [7, 11) is 0. The highest BCUT2D eigenvalue weighted by Crippen LogP contribution is 2.60. The van der Waals surface area contributed by atoms with Crippen molar-refractivity contribution in [2.75, 3.05) is 37.9 Å². The van der Waals surface area contributed by atoms with Gasteiger partial charge in [-0.3, -0.25) is 0 Å². The smallest absolute Gasteiger partial charge is 0.181 e.